The summed E-state index contributed by atoms with van der Waals surface area (Å²) in [7, 11) is 0. The van der Waals surface area contributed by atoms with E-state index in [0.717, 1.165) is 62.8 Å². The molecule has 0 unspecified atom stereocenters. The van der Waals surface area contributed by atoms with Gasteiger partial charge < -0.3 is 20.1 Å². The van der Waals surface area contributed by atoms with Crippen molar-refractivity contribution in [1.82, 2.24) is 0 Å². The number of benzene rings is 1. The molecule has 1 aromatic carbocycles. The average Bonchev–Trinajstić information content (AvgIpc) is 2.45. The van der Waals surface area contributed by atoms with Crippen LogP contribution in [0.25, 0.3) is 0 Å². The summed E-state index contributed by atoms with van der Waals surface area (Å²) in [5.41, 5.74) is 2.41. The van der Waals surface area contributed by atoms with Crippen molar-refractivity contribution in [2.75, 3.05) is 37.0 Å². The quantitative estimate of drug-likeness (QED) is 0.879. The first-order valence-corrected chi connectivity index (χ1v) is 7.19. The van der Waals surface area contributed by atoms with E-state index < -0.39 is 0 Å². The van der Waals surface area contributed by atoms with Crippen molar-refractivity contribution in [3.05, 3.63) is 18.2 Å². The minimum Gasteiger partial charge on any atom is -0.491 e. The second kappa shape index (κ2) is 5.29. The molecule has 0 amide bonds. The molecule has 2 aliphatic rings. The van der Waals surface area contributed by atoms with Crippen LogP contribution < -0.4 is 15.4 Å². The van der Waals surface area contributed by atoms with E-state index in [1.54, 1.807) is 0 Å². The standard InChI is InChI=1S/C15H22N2O2/c1-2-8-19-13-5-3-4-12-14(13)16-11-15(17-12)6-9-18-10-7-15/h3-5,16-17H,2,6-11H2,1H3. The third-order valence-corrected chi connectivity index (χ3v) is 3.94. The van der Waals surface area contributed by atoms with E-state index in [1.807, 2.05) is 6.07 Å². The second-order valence-electron chi connectivity index (χ2n) is 5.40. The molecular weight excluding hydrogens is 240 g/mol. The smallest absolute Gasteiger partial charge is 0.144 e. The summed E-state index contributed by atoms with van der Waals surface area (Å²) in [6.45, 7) is 5.51. The molecule has 4 nitrogen and oxygen atoms in total. The Morgan fingerprint density at radius 3 is 2.95 bits per heavy atom. The zero-order valence-corrected chi connectivity index (χ0v) is 11.5. The van der Waals surface area contributed by atoms with Crippen molar-refractivity contribution >= 4 is 11.4 Å². The molecule has 0 atom stereocenters. The molecule has 0 saturated carbocycles. The van der Waals surface area contributed by atoms with E-state index in [9.17, 15) is 0 Å². The van der Waals surface area contributed by atoms with Gasteiger partial charge in [0, 0.05) is 19.8 Å². The van der Waals surface area contributed by atoms with Crippen molar-refractivity contribution < 1.29 is 9.47 Å². The first-order valence-electron chi connectivity index (χ1n) is 7.19. The summed E-state index contributed by atoms with van der Waals surface area (Å²) < 4.78 is 11.3. The number of fused-ring (bicyclic) bond motifs is 1. The summed E-state index contributed by atoms with van der Waals surface area (Å²) in [6.07, 6.45) is 3.14. The molecule has 1 saturated heterocycles. The molecule has 2 heterocycles. The minimum absolute atomic E-state index is 0.147. The molecule has 4 heteroatoms. The summed E-state index contributed by atoms with van der Waals surface area (Å²) in [5.74, 6) is 0.953. The monoisotopic (exact) mass is 262 g/mol. The van der Waals surface area contributed by atoms with Crippen LogP contribution in [0.4, 0.5) is 11.4 Å². The predicted molar refractivity (Wildman–Crippen MR) is 77.1 cm³/mol. The molecule has 0 aliphatic carbocycles. The number of rotatable bonds is 3. The van der Waals surface area contributed by atoms with Gasteiger partial charge in [0.05, 0.1) is 17.8 Å². The lowest BCUT2D eigenvalue weighted by atomic mass is 9.87. The molecule has 19 heavy (non-hydrogen) atoms. The fourth-order valence-electron chi connectivity index (χ4n) is 2.80. The third-order valence-electron chi connectivity index (χ3n) is 3.94. The molecule has 0 bridgehead atoms. The maximum absolute atomic E-state index is 5.80. The van der Waals surface area contributed by atoms with Crippen LogP contribution >= 0.6 is 0 Å². The summed E-state index contributed by atoms with van der Waals surface area (Å²) in [4.78, 5) is 0. The lowest BCUT2D eigenvalue weighted by Gasteiger charge is -2.43. The zero-order chi connectivity index (χ0) is 13.1. The molecule has 0 aromatic heterocycles. The summed E-state index contributed by atoms with van der Waals surface area (Å²) >= 11 is 0. The number of hydrogen-bond donors (Lipinski definition) is 2. The Labute approximate surface area is 114 Å². The normalized spacial score (nSPS) is 20.3. The van der Waals surface area contributed by atoms with Gasteiger partial charge in [-0.2, -0.15) is 0 Å². The highest BCUT2D eigenvalue weighted by Crippen LogP contribution is 2.40. The maximum Gasteiger partial charge on any atom is 0.144 e. The van der Waals surface area contributed by atoms with Crippen molar-refractivity contribution in [3.63, 3.8) is 0 Å². The fraction of sp³-hybridized carbons (Fsp3) is 0.600. The Balaban J connectivity index is 1.81. The molecule has 1 fully saturated rings. The molecular formula is C15H22N2O2. The van der Waals surface area contributed by atoms with Crippen molar-refractivity contribution in [2.45, 2.75) is 31.7 Å². The summed E-state index contributed by atoms with van der Waals surface area (Å²) in [6, 6.07) is 6.21. The van der Waals surface area contributed by atoms with Gasteiger partial charge in [-0.3, -0.25) is 0 Å². The molecule has 2 N–H and O–H groups in total. The topological polar surface area (TPSA) is 42.5 Å². The van der Waals surface area contributed by atoms with Gasteiger partial charge in [0.2, 0.25) is 0 Å². The Bertz CT molecular complexity index is 442. The van der Waals surface area contributed by atoms with Crippen LogP contribution in [0.3, 0.4) is 0 Å². The number of anilines is 2. The van der Waals surface area contributed by atoms with E-state index in [1.165, 1.54) is 0 Å². The number of ether oxygens (including phenoxy) is 2. The van der Waals surface area contributed by atoms with Gasteiger partial charge >= 0.3 is 0 Å². The van der Waals surface area contributed by atoms with Crippen LogP contribution in [0.5, 0.6) is 5.75 Å². The second-order valence-corrected chi connectivity index (χ2v) is 5.40. The van der Waals surface area contributed by atoms with Gasteiger partial charge in [-0.1, -0.05) is 13.0 Å². The molecule has 1 spiro atoms. The van der Waals surface area contributed by atoms with Gasteiger partial charge in [-0.15, -0.1) is 0 Å². The van der Waals surface area contributed by atoms with Crippen LogP contribution in [0.2, 0.25) is 0 Å². The van der Waals surface area contributed by atoms with E-state index in [4.69, 9.17) is 9.47 Å². The van der Waals surface area contributed by atoms with Gasteiger partial charge in [-0.05, 0) is 31.4 Å². The lowest BCUT2D eigenvalue weighted by molar-refractivity contribution is 0.0634. The number of hydrogen-bond acceptors (Lipinski definition) is 4. The molecule has 104 valence electrons. The highest BCUT2D eigenvalue weighted by molar-refractivity contribution is 5.78. The van der Waals surface area contributed by atoms with Crippen molar-refractivity contribution in [2.24, 2.45) is 0 Å². The zero-order valence-electron chi connectivity index (χ0n) is 11.5. The number of para-hydroxylation sites is 1. The highest BCUT2D eigenvalue weighted by Gasteiger charge is 2.36. The third kappa shape index (κ3) is 2.50. The first-order chi connectivity index (χ1) is 9.33. The SMILES string of the molecule is CCCOc1cccc2c1NCC1(CCOCC1)N2. The summed E-state index contributed by atoms with van der Waals surface area (Å²) in [5, 5.41) is 7.26. The first kappa shape index (κ1) is 12.6. The Morgan fingerprint density at radius 2 is 2.16 bits per heavy atom. The van der Waals surface area contributed by atoms with Gasteiger partial charge in [0.15, 0.2) is 0 Å². The Morgan fingerprint density at radius 1 is 1.32 bits per heavy atom. The average molecular weight is 262 g/mol. The van der Waals surface area contributed by atoms with E-state index in [0.29, 0.717) is 0 Å². The number of nitrogens with one attached hydrogen (secondary N) is 2. The Kier molecular flexibility index (Phi) is 3.51. The predicted octanol–water partition coefficient (Wildman–Crippen LogP) is 2.86. The van der Waals surface area contributed by atoms with Crippen LogP contribution in [-0.4, -0.2) is 31.9 Å². The van der Waals surface area contributed by atoms with Crippen molar-refractivity contribution in [1.29, 1.82) is 0 Å². The minimum atomic E-state index is 0.147. The van der Waals surface area contributed by atoms with Crippen LogP contribution in [0.15, 0.2) is 18.2 Å². The largest absolute Gasteiger partial charge is 0.491 e. The van der Waals surface area contributed by atoms with Gasteiger partial charge in [-0.25, -0.2) is 0 Å². The highest BCUT2D eigenvalue weighted by atomic mass is 16.5. The van der Waals surface area contributed by atoms with E-state index >= 15 is 0 Å². The van der Waals surface area contributed by atoms with Crippen LogP contribution in [0.1, 0.15) is 26.2 Å². The molecule has 3 rings (SSSR count). The van der Waals surface area contributed by atoms with E-state index in [-0.39, 0.29) is 5.54 Å². The van der Waals surface area contributed by atoms with Crippen LogP contribution in [-0.2, 0) is 4.74 Å². The van der Waals surface area contributed by atoms with Crippen molar-refractivity contribution in [3.8, 4) is 5.75 Å². The molecule has 2 aliphatic heterocycles. The van der Waals surface area contributed by atoms with Gasteiger partial charge in [0.25, 0.3) is 0 Å². The van der Waals surface area contributed by atoms with Crippen LogP contribution in [0, 0.1) is 0 Å². The molecule has 1 aromatic rings. The van der Waals surface area contributed by atoms with E-state index in [2.05, 4.69) is 29.7 Å². The lowest BCUT2D eigenvalue weighted by Crippen LogP contribution is -2.51. The Hall–Kier alpha value is -1.42. The fourth-order valence-corrected chi connectivity index (χ4v) is 2.80. The maximum atomic E-state index is 5.80. The van der Waals surface area contributed by atoms with Gasteiger partial charge in [0.1, 0.15) is 11.4 Å². The molecule has 0 radical (unpaired) electrons.